The maximum Gasteiger partial charge on any atom is 0.238 e. The fourth-order valence-corrected chi connectivity index (χ4v) is 8.65. The molecule has 1 aromatic carbocycles. The van der Waals surface area contributed by atoms with E-state index in [2.05, 4.69) is 18.2 Å². The maximum atomic E-state index is 13.6. The van der Waals surface area contributed by atoms with E-state index < -0.39 is 0 Å². The highest BCUT2D eigenvalue weighted by Crippen LogP contribution is 2.63. The number of rotatable bonds is 1. The molecule has 3 heteroatoms. The van der Waals surface area contributed by atoms with Gasteiger partial charge in [-0.1, -0.05) is 29.4 Å². The van der Waals surface area contributed by atoms with Gasteiger partial charge >= 0.3 is 0 Å². The van der Waals surface area contributed by atoms with Crippen molar-refractivity contribution < 1.29 is 9.59 Å². The fraction of sp³-hybridized carbons (Fsp3) is 0.556. The Morgan fingerprint density at radius 1 is 0.700 bits per heavy atom. The Balaban J connectivity index is 1.29. The number of imide groups is 1. The van der Waals surface area contributed by atoms with E-state index in [9.17, 15) is 9.59 Å². The van der Waals surface area contributed by atoms with Gasteiger partial charge in [-0.2, -0.15) is 0 Å². The summed E-state index contributed by atoms with van der Waals surface area (Å²) < 4.78 is 0. The van der Waals surface area contributed by atoms with Crippen LogP contribution in [-0.4, -0.2) is 11.8 Å². The predicted octanol–water partition coefficient (Wildman–Crippen LogP) is 4.98. The van der Waals surface area contributed by atoms with Crippen molar-refractivity contribution in [3.63, 3.8) is 0 Å². The first kappa shape index (κ1) is 17.5. The van der Waals surface area contributed by atoms with Gasteiger partial charge < -0.3 is 0 Å². The number of fused-ring (bicyclic) bond motifs is 5. The van der Waals surface area contributed by atoms with Crippen LogP contribution in [0.2, 0.25) is 0 Å². The van der Waals surface area contributed by atoms with Gasteiger partial charge in [0.2, 0.25) is 11.8 Å². The fourth-order valence-electron chi connectivity index (χ4n) is 8.65. The molecule has 1 heterocycles. The first-order valence-corrected chi connectivity index (χ1v) is 11.9. The second kappa shape index (κ2) is 5.75. The molecule has 6 fully saturated rings. The zero-order valence-electron chi connectivity index (χ0n) is 17.8. The number of anilines is 1. The Bertz CT molecular complexity index is 978. The van der Waals surface area contributed by atoms with E-state index in [1.165, 1.54) is 42.6 Å². The summed E-state index contributed by atoms with van der Waals surface area (Å²) in [5.41, 5.74) is 6.18. The first-order valence-electron chi connectivity index (χ1n) is 11.9. The van der Waals surface area contributed by atoms with Crippen LogP contribution in [0.4, 0.5) is 5.69 Å². The van der Waals surface area contributed by atoms with E-state index in [-0.39, 0.29) is 35.5 Å². The van der Waals surface area contributed by atoms with Crippen LogP contribution in [0.1, 0.15) is 43.2 Å². The van der Waals surface area contributed by atoms with Crippen LogP contribution in [0.5, 0.6) is 0 Å². The number of aryl methyl sites for hydroxylation is 2. The second-order valence-corrected chi connectivity index (χ2v) is 11.1. The smallest absolute Gasteiger partial charge is 0.238 e. The van der Waals surface area contributed by atoms with Gasteiger partial charge in [0, 0.05) is 11.8 Å². The quantitative estimate of drug-likeness (QED) is 0.493. The van der Waals surface area contributed by atoms with Crippen molar-refractivity contribution >= 4 is 17.5 Å². The lowest BCUT2D eigenvalue weighted by molar-refractivity contribution is -0.122. The molecular formula is C27H29NO2. The van der Waals surface area contributed by atoms with Crippen molar-refractivity contribution in [2.24, 2.45) is 47.3 Å². The zero-order chi connectivity index (χ0) is 20.3. The van der Waals surface area contributed by atoms with Crippen LogP contribution in [0.3, 0.4) is 0 Å². The molecule has 154 valence electrons. The summed E-state index contributed by atoms with van der Waals surface area (Å²) in [6.45, 7) is 4.06. The summed E-state index contributed by atoms with van der Waals surface area (Å²) >= 11 is 0. The Kier molecular flexibility index (Phi) is 3.36. The lowest BCUT2D eigenvalue weighted by atomic mass is 9.53. The van der Waals surface area contributed by atoms with Gasteiger partial charge in [0.25, 0.3) is 0 Å². The van der Waals surface area contributed by atoms with Gasteiger partial charge in [-0.3, -0.25) is 9.59 Å². The Morgan fingerprint density at radius 3 is 1.70 bits per heavy atom. The van der Waals surface area contributed by atoms with Gasteiger partial charge in [-0.25, -0.2) is 4.90 Å². The minimum Gasteiger partial charge on any atom is -0.274 e. The van der Waals surface area contributed by atoms with E-state index >= 15 is 0 Å². The third-order valence-electron chi connectivity index (χ3n) is 9.23. The van der Waals surface area contributed by atoms with Crippen LogP contribution in [-0.2, 0) is 9.59 Å². The van der Waals surface area contributed by atoms with Crippen molar-refractivity contribution in [1.29, 1.82) is 0 Å². The maximum absolute atomic E-state index is 13.6. The molecule has 6 aliphatic carbocycles. The van der Waals surface area contributed by atoms with Crippen molar-refractivity contribution in [1.82, 2.24) is 0 Å². The molecule has 0 N–H and O–H groups in total. The van der Waals surface area contributed by atoms with Crippen molar-refractivity contribution in [2.75, 3.05) is 4.90 Å². The Morgan fingerprint density at radius 2 is 1.20 bits per heavy atom. The van der Waals surface area contributed by atoms with E-state index in [1.807, 2.05) is 26.0 Å². The Labute approximate surface area is 178 Å². The van der Waals surface area contributed by atoms with E-state index in [0.29, 0.717) is 0 Å². The number of hydrogen-bond donors (Lipinski definition) is 0. The van der Waals surface area contributed by atoms with Crippen LogP contribution in [0.25, 0.3) is 0 Å². The molecule has 6 bridgehead atoms. The predicted molar refractivity (Wildman–Crippen MR) is 116 cm³/mol. The molecule has 1 aromatic rings. The lowest BCUT2D eigenvalue weighted by Gasteiger charge is -2.52. The van der Waals surface area contributed by atoms with Crippen LogP contribution >= 0.6 is 0 Å². The van der Waals surface area contributed by atoms with Gasteiger partial charge in [-0.15, -0.1) is 0 Å². The minimum absolute atomic E-state index is 0.0359. The number of hydrogen-bond acceptors (Lipinski definition) is 2. The summed E-state index contributed by atoms with van der Waals surface area (Å²) in [6, 6.07) is 6.06. The molecule has 30 heavy (non-hydrogen) atoms. The third kappa shape index (κ3) is 2.11. The summed E-state index contributed by atoms with van der Waals surface area (Å²) in [4.78, 5) is 28.7. The molecule has 5 saturated carbocycles. The second-order valence-electron chi connectivity index (χ2n) is 11.1. The molecule has 4 atom stereocenters. The van der Waals surface area contributed by atoms with Crippen molar-refractivity contribution in [3.05, 3.63) is 52.6 Å². The highest BCUT2D eigenvalue weighted by atomic mass is 16.2. The molecule has 8 rings (SSSR count). The SMILES string of the molecule is Cc1cc(C)cc(N2C(=O)[C@@H]3[C@@H](C2=O)[C@H]2C=C[C@H]3C2=C2C3CC4CC(C3)CC2C4)c1. The molecule has 1 saturated heterocycles. The van der Waals surface area contributed by atoms with Crippen LogP contribution in [0, 0.1) is 61.2 Å². The summed E-state index contributed by atoms with van der Waals surface area (Å²) in [5, 5.41) is 0. The number of amides is 2. The van der Waals surface area contributed by atoms with Gasteiger partial charge in [0.1, 0.15) is 0 Å². The van der Waals surface area contributed by atoms with E-state index in [0.717, 1.165) is 40.5 Å². The highest BCUT2D eigenvalue weighted by Gasteiger charge is 2.63. The van der Waals surface area contributed by atoms with Crippen molar-refractivity contribution in [2.45, 2.75) is 46.0 Å². The number of benzene rings is 1. The van der Waals surface area contributed by atoms with Crippen LogP contribution in [0.15, 0.2) is 41.5 Å². The van der Waals surface area contributed by atoms with Gasteiger partial charge in [0.05, 0.1) is 17.5 Å². The Hall–Kier alpha value is -2.16. The number of carbonyl (C=O) groups excluding carboxylic acids is 2. The first-order chi connectivity index (χ1) is 14.5. The van der Waals surface area contributed by atoms with Crippen LogP contribution < -0.4 is 4.90 Å². The standard InChI is InChI=1S/C27H29NO2/c1-13-5-14(2)7-19(6-13)28-26(29)24-20-3-4-21(25(24)27(28)30)23(20)22-17-9-15-8-16(11-17)12-18(22)10-15/h3-7,15-18,20-21,24-25H,8-12H2,1-2H3/t15?,16?,17?,18?,20-,21-,24-,25-/m0/s1. The van der Waals surface area contributed by atoms with Gasteiger partial charge in [-0.05, 0) is 92.9 Å². The molecular weight excluding hydrogens is 370 g/mol. The average molecular weight is 400 g/mol. The molecule has 0 radical (unpaired) electrons. The number of allylic oxidation sites excluding steroid dienone is 4. The highest BCUT2D eigenvalue weighted by molar-refractivity contribution is 6.23. The van der Waals surface area contributed by atoms with E-state index in [1.54, 1.807) is 5.57 Å². The largest absolute Gasteiger partial charge is 0.274 e. The topological polar surface area (TPSA) is 37.4 Å². The molecule has 0 spiro atoms. The summed E-state index contributed by atoms with van der Waals surface area (Å²) in [5.74, 6) is 3.41. The zero-order valence-corrected chi connectivity index (χ0v) is 17.8. The molecule has 1 aliphatic heterocycles. The molecule has 3 nitrogen and oxygen atoms in total. The van der Waals surface area contributed by atoms with E-state index in [4.69, 9.17) is 0 Å². The molecule has 0 aromatic heterocycles. The molecule has 7 aliphatic rings. The van der Waals surface area contributed by atoms with Crippen molar-refractivity contribution in [3.8, 4) is 0 Å². The third-order valence-corrected chi connectivity index (χ3v) is 9.23. The lowest BCUT2D eigenvalue weighted by Crippen LogP contribution is -2.41. The summed E-state index contributed by atoms with van der Waals surface area (Å²) in [6.07, 6.45) is 11.4. The number of nitrogens with zero attached hydrogens (tertiary/aromatic N) is 1. The summed E-state index contributed by atoms with van der Waals surface area (Å²) in [7, 11) is 0. The molecule has 2 amide bonds. The monoisotopic (exact) mass is 399 g/mol. The van der Waals surface area contributed by atoms with Gasteiger partial charge in [0.15, 0.2) is 0 Å². The molecule has 0 unspecified atom stereocenters. The number of carbonyl (C=O) groups is 2. The minimum atomic E-state index is -0.173. The normalized spacial score (nSPS) is 42.8. The average Bonchev–Trinajstić information content (AvgIpc) is 3.30.